The Kier molecular flexibility index (Phi) is 10.3. The maximum Gasteiger partial charge on any atom is 0.328 e. The van der Waals surface area contributed by atoms with Crippen molar-refractivity contribution in [1.82, 2.24) is 24.6 Å². The number of hydrogen-bond acceptors (Lipinski definition) is 8. The monoisotopic (exact) mass is 729 g/mol. The van der Waals surface area contributed by atoms with Crippen molar-refractivity contribution in [3.8, 4) is 29.2 Å². The van der Waals surface area contributed by atoms with E-state index in [2.05, 4.69) is 52.3 Å². The number of anilines is 2. The minimum atomic E-state index is -0.337. The Bertz CT molecular complexity index is 2110. The molecule has 2 unspecified atom stereocenters. The van der Waals surface area contributed by atoms with Crippen LogP contribution in [-0.2, 0) is 11.8 Å². The highest BCUT2D eigenvalue weighted by molar-refractivity contribution is 5.99. The summed E-state index contributed by atoms with van der Waals surface area (Å²) >= 11 is 0. The van der Waals surface area contributed by atoms with E-state index in [1.54, 1.807) is 28.9 Å². The second kappa shape index (κ2) is 15.2. The number of aromatic nitrogens is 4. The summed E-state index contributed by atoms with van der Waals surface area (Å²) in [6.45, 7) is 8.35. The lowest BCUT2D eigenvalue weighted by atomic mass is 9.85. The maximum absolute atomic E-state index is 13.9. The van der Waals surface area contributed by atoms with Crippen molar-refractivity contribution in [2.24, 2.45) is 5.92 Å². The van der Waals surface area contributed by atoms with E-state index in [9.17, 15) is 9.59 Å². The normalized spacial score (nSPS) is 17.9. The third-order valence-electron chi connectivity index (χ3n) is 10.1. The number of benzene rings is 3. The van der Waals surface area contributed by atoms with Crippen LogP contribution in [0.15, 0.2) is 84.9 Å². The molecule has 3 amide bonds. The lowest BCUT2D eigenvalue weighted by Gasteiger charge is -2.39. The molecule has 2 N–H and O–H groups in total. The first-order valence-electron chi connectivity index (χ1n) is 18.4. The molecule has 2 atom stereocenters. The number of amides is 3. The number of nitrogens with one attached hydrogen (secondary N) is 2. The molecule has 2 bridgehead atoms. The Hall–Kier alpha value is -5.91. The van der Waals surface area contributed by atoms with E-state index in [-0.39, 0.29) is 35.4 Å². The smallest absolute Gasteiger partial charge is 0.328 e. The lowest BCUT2D eigenvalue weighted by Crippen LogP contribution is -2.46. The zero-order valence-corrected chi connectivity index (χ0v) is 31.6. The first-order chi connectivity index (χ1) is 25.9. The number of rotatable bonds is 10. The highest BCUT2D eigenvalue weighted by Gasteiger charge is 2.43. The van der Waals surface area contributed by atoms with Gasteiger partial charge in [0.2, 0.25) is 11.8 Å². The van der Waals surface area contributed by atoms with E-state index in [1.165, 1.54) is 14.2 Å². The Balaban J connectivity index is 0.981. The van der Waals surface area contributed by atoms with Crippen molar-refractivity contribution in [2.75, 3.05) is 24.9 Å². The standard InChI is InChI=1S/C42H47N7O5/c1-26-13-15-31(16-14-26)49-36(24-35(47-49)42(2,3)4)44-40(51)43-30-11-7-9-27(20-30)19-28-21-32-17-18-33(22-28)48(32)39(50)29-10-8-12-34(23-29)54-41-45-37(52-5)25-38(46-41)53-6/h7-16,20,23-25,28,32-33H,17-19,21-22H2,1-6H3,(H2,43,44,51). The molecule has 2 aliphatic rings. The van der Waals surface area contributed by atoms with Crippen LogP contribution in [0.2, 0.25) is 0 Å². The molecule has 280 valence electrons. The summed E-state index contributed by atoms with van der Waals surface area (Å²) in [6.07, 6.45) is 4.69. The van der Waals surface area contributed by atoms with Crippen LogP contribution in [0.25, 0.3) is 5.69 Å². The molecule has 2 aliphatic heterocycles. The van der Waals surface area contributed by atoms with Gasteiger partial charge in [-0.05, 0) is 93.0 Å². The summed E-state index contributed by atoms with van der Waals surface area (Å²) in [4.78, 5) is 37.8. The van der Waals surface area contributed by atoms with Gasteiger partial charge in [-0.2, -0.15) is 15.1 Å². The van der Waals surface area contributed by atoms with Crippen LogP contribution < -0.4 is 24.8 Å². The van der Waals surface area contributed by atoms with E-state index in [0.29, 0.717) is 34.8 Å². The number of hydrogen-bond donors (Lipinski definition) is 2. The Morgan fingerprint density at radius 1 is 0.833 bits per heavy atom. The Morgan fingerprint density at radius 3 is 2.19 bits per heavy atom. The molecule has 0 saturated carbocycles. The number of carbonyl (C=O) groups is 2. The minimum Gasteiger partial charge on any atom is -0.481 e. The molecule has 7 rings (SSSR count). The summed E-state index contributed by atoms with van der Waals surface area (Å²) in [5.41, 5.74) is 5.15. The van der Waals surface area contributed by atoms with E-state index >= 15 is 0 Å². The summed E-state index contributed by atoms with van der Waals surface area (Å²) in [7, 11) is 3.01. The van der Waals surface area contributed by atoms with Crippen LogP contribution in [0.5, 0.6) is 23.5 Å². The maximum atomic E-state index is 13.9. The number of urea groups is 1. The molecule has 12 heteroatoms. The van der Waals surface area contributed by atoms with Crippen molar-refractivity contribution in [1.29, 1.82) is 0 Å². The average molecular weight is 730 g/mol. The SMILES string of the molecule is COc1cc(OC)nc(Oc2cccc(C(=O)N3C4CCC3CC(Cc3cccc(NC(=O)Nc5cc(C(C)(C)C)nn5-c5ccc(C)cc5)c3)C4)c2)n1. The van der Waals surface area contributed by atoms with Gasteiger partial charge < -0.3 is 24.4 Å². The van der Waals surface area contributed by atoms with E-state index in [0.717, 1.165) is 60.3 Å². The quantitative estimate of drug-likeness (QED) is 0.147. The van der Waals surface area contributed by atoms with Gasteiger partial charge >= 0.3 is 12.0 Å². The largest absolute Gasteiger partial charge is 0.481 e. The van der Waals surface area contributed by atoms with Gasteiger partial charge in [0.25, 0.3) is 5.91 Å². The van der Waals surface area contributed by atoms with Crippen LogP contribution in [-0.4, -0.2) is 62.9 Å². The number of aryl methyl sites for hydroxylation is 1. The Morgan fingerprint density at radius 2 is 1.52 bits per heavy atom. The molecule has 0 aliphatic carbocycles. The number of ether oxygens (including phenoxy) is 3. The average Bonchev–Trinajstić information content (AvgIpc) is 3.69. The van der Waals surface area contributed by atoms with E-state index in [1.807, 2.05) is 61.5 Å². The topological polar surface area (TPSA) is 133 Å². The van der Waals surface area contributed by atoms with Gasteiger partial charge in [-0.3, -0.25) is 10.1 Å². The number of fused-ring (bicyclic) bond motifs is 2. The fourth-order valence-electron chi connectivity index (χ4n) is 7.48. The predicted octanol–water partition coefficient (Wildman–Crippen LogP) is 8.35. The first kappa shape index (κ1) is 36.4. The molecule has 3 aromatic carbocycles. The molecule has 5 aromatic rings. The third-order valence-corrected chi connectivity index (χ3v) is 10.1. The van der Waals surface area contributed by atoms with Gasteiger partial charge in [0, 0.05) is 34.8 Å². The van der Waals surface area contributed by atoms with Gasteiger partial charge in [-0.1, -0.05) is 56.7 Å². The number of piperidine rings is 1. The molecule has 2 aromatic heterocycles. The van der Waals surface area contributed by atoms with Crippen molar-refractivity contribution < 1.29 is 23.8 Å². The van der Waals surface area contributed by atoms with Crippen LogP contribution >= 0.6 is 0 Å². The molecule has 4 heterocycles. The third kappa shape index (κ3) is 8.17. The van der Waals surface area contributed by atoms with Gasteiger partial charge in [0.05, 0.1) is 31.7 Å². The zero-order valence-electron chi connectivity index (χ0n) is 31.6. The summed E-state index contributed by atoms with van der Waals surface area (Å²) in [5.74, 6) is 2.10. The molecule has 54 heavy (non-hydrogen) atoms. The van der Waals surface area contributed by atoms with Crippen LogP contribution in [0, 0.1) is 12.8 Å². The molecule has 2 fully saturated rings. The molecule has 2 saturated heterocycles. The van der Waals surface area contributed by atoms with Gasteiger partial charge in [0.1, 0.15) is 11.6 Å². The van der Waals surface area contributed by atoms with Crippen LogP contribution in [0.4, 0.5) is 16.3 Å². The lowest BCUT2D eigenvalue weighted by molar-refractivity contribution is 0.0524. The van der Waals surface area contributed by atoms with Crippen molar-refractivity contribution in [3.05, 3.63) is 107 Å². The van der Waals surface area contributed by atoms with Crippen molar-refractivity contribution in [2.45, 2.75) is 77.3 Å². The summed E-state index contributed by atoms with van der Waals surface area (Å²) in [6, 6.07) is 26.8. The summed E-state index contributed by atoms with van der Waals surface area (Å²) in [5, 5.41) is 10.9. The van der Waals surface area contributed by atoms with Gasteiger partial charge in [0.15, 0.2) is 0 Å². The molecule has 0 radical (unpaired) electrons. The Labute approximate surface area is 315 Å². The minimum absolute atomic E-state index is 0.00564. The number of methoxy groups -OCH3 is 2. The van der Waals surface area contributed by atoms with Crippen molar-refractivity contribution in [3.63, 3.8) is 0 Å². The van der Waals surface area contributed by atoms with Gasteiger partial charge in [-0.15, -0.1) is 0 Å². The second-order valence-corrected chi connectivity index (χ2v) is 15.2. The van der Waals surface area contributed by atoms with Gasteiger partial charge in [-0.25, -0.2) is 9.48 Å². The van der Waals surface area contributed by atoms with Crippen LogP contribution in [0.1, 0.15) is 73.6 Å². The molecular formula is C42H47N7O5. The molecular weight excluding hydrogens is 683 g/mol. The highest BCUT2D eigenvalue weighted by Crippen LogP contribution is 2.41. The molecule has 0 spiro atoms. The van der Waals surface area contributed by atoms with Crippen LogP contribution in [0.3, 0.4) is 0 Å². The number of carbonyl (C=O) groups excluding carboxylic acids is 2. The fourth-order valence-corrected chi connectivity index (χ4v) is 7.48. The predicted molar refractivity (Wildman–Crippen MR) is 207 cm³/mol. The number of nitrogens with zero attached hydrogens (tertiary/aromatic N) is 5. The zero-order chi connectivity index (χ0) is 38.0. The fraction of sp³-hybridized carbons (Fsp3) is 0.357. The van der Waals surface area contributed by atoms with E-state index < -0.39 is 0 Å². The van der Waals surface area contributed by atoms with Crippen molar-refractivity contribution >= 4 is 23.4 Å². The highest BCUT2D eigenvalue weighted by atomic mass is 16.5. The second-order valence-electron chi connectivity index (χ2n) is 15.2. The molecule has 12 nitrogen and oxygen atoms in total. The summed E-state index contributed by atoms with van der Waals surface area (Å²) < 4.78 is 18.1. The first-order valence-corrected chi connectivity index (χ1v) is 18.4. The van der Waals surface area contributed by atoms with E-state index in [4.69, 9.17) is 19.3 Å².